The molecule has 6 rings (SSSR count). The largest absolute Gasteiger partial charge is 0.465 e. The van der Waals surface area contributed by atoms with Gasteiger partial charge in [0.1, 0.15) is 5.82 Å². The minimum absolute atomic E-state index is 0.0342. The van der Waals surface area contributed by atoms with Crippen molar-refractivity contribution in [2.75, 3.05) is 18.0 Å². The highest BCUT2D eigenvalue weighted by Crippen LogP contribution is 2.46. The summed E-state index contributed by atoms with van der Waals surface area (Å²) in [4.78, 5) is 18.8. The molecule has 2 fully saturated rings. The lowest BCUT2D eigenvalue weighted by Gasteiger charge is -2.48. The molecule has 186 valence electrons. The lowest BCUT2D eigenvalue weighted by molar-refractivity contribution is 0.0841. The van der Waals surface area contributed by atoms with Crippen molar-refractivity contribution in [2.24, 2.45) is 5.41 Å². The van der Waals surface area contributed by atoms with Crippen molar-refractivity contribution in [1.82, 2.24) is 24.6 Å². The first kappa shape index (κ1) is 22.9. The SMILES string of the molecule is CC(Cn1cc(Cl)cn1)c1nc2c3c(ccc2n1C1CCC2(CC1)CNC2)N(C(=O)O)[C@@H](C)CC3. The van der Waals surface area contributed by atoms with Crippen LogP contribution in [-0.4, -0.2) is 49.7 Å². The molecular formula is C26H33ClN6O2. The van der Waals surface area contributed by atoms with E-state index in [2.05, 4.69) is 28.0 Å². The number of halogens is 1. The van der Waals surface area contributed by atoms with Gasteiger partial charge in [0.05, 0.1) is 34.5 Å². The van der Waals surface area contributed by atoms with Crippen LogP contribution in [0.25, 0.3) is 11.0 Å². The standard InChI is InChI=1S/C26H33ClN6O2/c1-16(12-31-13-18(27)11-29-31)24-30-23-20-4-3-17(2)32(25(34)35)21(20)5-6-22(23)33(24)19-7-9-26(10-8-19)14-28-15-26/h5-6,11,13,16-17,19,28H,3-4,7-10,12,14-15H2,1-2H3,(H,34,35)/t16?,17-/m0/s1. The number of carboxylic acid groups (broad SMARTS) is 1. The van der Waals surface area contributed by atoms with Gasteiger partial charge < -0.3 is 15.0 Å². The number of hydrogen-bond acceptors (Lipinski definition) is 4. The fourth-order valence-corrected chi connectivity index (χ4v) is 6.70. The Hall–Kier alpha value is -2.58. The lowest BCUT2D eigenvalue weighted by atomic mass is 9.68. The molecule has 0 bridgehead atoms. The van der Waals surface area contributed by atoms with Crippen LogP contribution < -0.4 is 10.2 Å². The second-order valence-corrected chi connectivity index (χ2v) is 11.4. The maximum absolute atomic E-state index is 12.1. The predicted octanol–water partition coefficient (Wildman–Crippen LogP) is 5.21. The zero-order valence-electron chi connectivity index (χ0n) is 20.4. The van der Waals surface area contributed by atoms with Crippen LogP contribution in [0.1, 0.15) is 69.3 Å². The van der Waals surface area contributed by atoms with Crippen LogP contribution in [-0.2, 0) is 13.0 Å². The van der Waals surface area contributed by atoms with Crippen LogP contribution in [0.4, 0.5) is 10.5 Å². The Labute approximate surface area is 210 Å². The Balaban J connectivity index is 1.44. The molecule has 35 heavy (non-hydrogen) atoms. The van der Waals surface area contributed by atoms with Gasteiger partial charge in [-0.25, -0.2) is 9.78 Å². The van der Waals surface area contributed by atoms with Gasteiger partial charge in [0.25, 0.3) is 0 Å². The lowest BCUT2D eigenvalue weighted by Crippen LogP contribution is -2.54. The molecule has 2 aromatic heterocycles. The van der Waals surface area contributed by atoms with Gasteiger partial charge in [0.15, 0.2) is 0 Å². The molecule has 1 aromatic carbocycles. The van der Waals surface area contributed by atoms with Crippen LogP contribution in [0.5, 0.6) is 0 Å². The van der Waals surface area contributed by atoms with Crippen molar-refractivity contribution in [3.05, 3.63) is 40.9 Å². The van der Waals surface area contributed by atoms with E-state index >= 15 is 0 Å². The number of aryl methyl sites for hydroxylation is 1. The first-order valence-electron chi connectivity index (χ1n) is 12.8. The van der Waals surface area contributed by atoms with Crippen LogP contribution in [0.3, 0.4) is 0 Å². The van der Waals surface area contributed by atoms with Gasteiger partial charge in [-0.1, -0.05) is 18.5 Å². The number of benzene rings is 1. The fourth-order valence-electron chi connectivity index (χ4n) is 6.54. The second kappa shape index (κ2) is 8.52. The van der Waals surface area contributed by atoms with Gasteiger partial charge >= 0.3 is 6.09 Å². The fraction of sp³-hybridized carbons (Fsp3) is 0.577. The molecule has 3 aliphatic rings. The van der Waals surface area contributed by atoms with Crippen molar-refractivity contribution in [3.8, 4) is 0 Å². The number of nitrogens with zero attached hydrogens (tertiary/aromatic N) is 5. The third-order valence-electron chi connectivity index (χ3n) is 8.57. The van der Waals surface area contributed by atoms with Gasteiger partial charge in [-0.3, -0.25) is 9.58 Å². The van der Waals surface area contributed by atoms with E-state index in [4.69, 9.17) is 16.6 Å². The number of imidazole rings is 1. The van der Waals surface area contributed by atoms with Gasteiger partial charge in [-0.05, 0) is 63.0 Å². The smallest absolute Gasteiger partial charge is 0.412 e. The molecule has 2 N–H and O–H groups in total. The average Bonchev–Trinajstić information content (AvgIpc) is 3.40. The molecule has 2 atom stereocenters. The second-order valence-electron chi connectivity index (χ2n) is 10.9. The zero-order valence-corrected chi connectivity index (χ0v) is 21.1. The van der Waals surface area contributed by atoms with E-state index in [9.17, 15) is 9.90 Å². The summed E-state index contributed by atoms with van der Waals surface area (Å²) in [7, 11) is 0. The highest BCUT2D eigenvalue weighted by molar-refractivity contribution is 6.30. The monoisotopic (exact) mass is 496 g/mol. The predicted molar refractivity (Wildman–Crippen MR) is 136 cm³/mol. The third-order valence-corrected chi connectivity index (χ3v) is 8.77. The van der Waals surface area contributed by atoms with Crippen molar-refractivity contribution >= 4 is 34.4 Å². The molecular weight excluding hydrogens is 464 g/mol. The van der Waals surface area contributed by atoms with E-state index in [-0.39, 0.29) is 12.0 Å². The number of fused-ring (bicyclic) bond motifs is 3. The molecule has 1 saturated carbocycles. The molecule has 8 nitrogen and oxygen atoms in total. The molecule has 1 unspecified atom stereocenters. The van der Waals surface area contributed by atoms with E-state index in [1.807, 2.05) is 23.9 Å². The number of aromatic nitrogens is 4. The maximum atomic E-state index is 12.1. The first-order chi connectivity index (χ1) is 16.8. The number of amides is 1. The average molecular weight is 497 g/mol. The third kappa shape index (κ3) is 3.82. The van der Waals surface area contributed by atoms with E-state index < -0.39 is 6.09 Å². The summed E-state index contributed by atoms with van der Waals surface area (Å²) in [6, 6.07) is 4.47. The number of hydrogen-bond donors (Lipinski definition) is 2. The zero-order chi connectivity index (χ0) is 24.3. The number of anilines is 1. The van der Waals surface area contributed by atoms with Gasteiger partial charge in [-0.2, -0.15) is 5.10 Å². The summed E-state index contributed by atoms with van der Waals surface area (Å²) in [5, 5.41) is 18.4. The van der Waals surface area contributed by atoms with E-state index in [0.717, 1.165) is 66.9 Å². The highest BCUT2D eigenvalue weighted by Gasteiger charge is 2.41. The summed E-state index contributed by atoms with van der Waals surface area (Å²) in [6.45, 7) is 7.16. The number of rotatable bonds is 4. The van der Waals surface area contributed by atoms with Crippen LogP contribution in [0.2, 0.25) is 5.02 Å². The molecule has 0 radical (unpaired) electrons. The summed E-state index contributed by atoms with van der Waals surface area (Å²) >= 11 is 6.12. The molecule has 3 aromatic rings. The van der Waals surface area contributed by atoms with Crippen molar-refractivity contribution in [1.29, 1.82) is 0 Å². The number of nitrogens with one attached hydrogen (secondary N) is 1. The first-order valence-corrected chi connectivity index (χ1v) is 13.2. The minimum atomic E-state index is -0.895. The van der Waals surface area contributed by atoms with Crippen LogP contribution in [0.15, 0.2) is 24.5 Å². The molecule has 4 heterocycles. The van der Waals surface area contributed by atoms with E-state index in [0.29, 0.717) is 23.0 Å². The summed E-state index contributed by atoms with van der Waals surface area (Å²) in [5.74, 6) is 1.20. The van der Waals surface area contributed by atoms with Crippen molar-refractivity contribution < 1.29 is 9.90 Å². The summed E-state index contributed by atoms with van der Waals surface area (Å²) in [6.07, 6.45) is 9.05. The Kier molecular flexibility index (Phi) is 5.56. The van der Waals surface area contributed by atoms with Crippen molar-refractivity contribution in [3.63, 3.8) is 0 Å². The van der Waals surface area contributed by atoms with Gasteiger partial charge in [0.2, 0.25) is 0 Å². The Bertz CT molecular complexity index is 1270. The summed E-state index contributed by atoms with van der Waals surface area (Å²) < 4.78 is 4.36. The minimum Gasteiger partial charge on any atom is -0.465 e. The quantitative estimate of drug-likeness (QED) is 0.517. The Morgan fingerprint density at radius 2 is 2.06 bits per heavy atom. The topological polar surface area (TPSA) is 88.2 Å². The molecule has 1 spiro atoms. The summed E-state index contributed by atoms with van der Waals surface area (Å²) in [5.41, 5.74) is 4.44. The molecule has 9 heteroatoms. The maximum Gasteiger partial charge on any atom is 0.412 e. The van der Waals surface area contributed by atoms with Crippen LogP contribution >= 0.6 is 11.6 Å². The molecule has 2 aliphatic heterocycles. The number of carbonyl (C=O) groups is 1. The molecule has 1 aliphatic carbocycles. The van der Waals surface area contributed by atoms with Gasteiger partial charge in [-0.15, -0.1) is 0 Å². The van der Waals surface area contributed by atoms with Gasteiger partial charge in [0, 0.05) is 42.9 Å². The van der Waals surface area contributed by atoms with Crippen molar-refractivity contribution in [2.45, 2.75) is 76.9 Å². The normalized spacial score (nSPS) is 22.8. The molecule has 1 amide bonds. The molecule has 1 saturated heterocycles. The Morgan fingerprint density at radius 3 is 2.69 bits per heavy atom. The highest BCUT2D eigenvalue weighted by atomic mass is 35.5. The Morgan fingerprint density at radius 1 is 1.29 bits per heavy atom. The van der Waals surface area contributed by atoms with Crippen LogP contribution in [0, 0.1) is 5.41 Å². The van der Waals surface area contributed by atoms with E-state index in [1.165, 1.54) is 17.7 Å². The van der Waals surface area contributed by atoms with E-state index in [1.54, 1.807) is 6.20 Å².